The molecule has 0 fully saturated rings. The van der Waals surface area contributed by atoms with Crippen LogP contribution in [0.15, 0.2) is 23.2 Å². The van der Waals surface area contributed by atoms with Crippen molar-refractivity contribution in [2.24, 2.45) is 0 Å². The second-order valence-corrected chi connectivity index (χ2v) is 5.87. The van der Waals surface area contributed by atoms with Gasteiger partial charge >= 0.3 is 0 Å². The van der Waals surface area contributed by atoms with E-state index in [1.807, 2.05) is 0 Å². The average Bonchev–Trinajstić information content (AvgIpc) is 2.92. The Morgan fingerprint density at radius 2 is 1.95 bits per heavy atom. The lowest BCUT2D eigenvalue weighted by molar-refractivity contribution is 0.820. The molecule has 4 nitrogen and oxygen atoms in total. The van der Waals surface area contributed by atoms with E-state index in [1.165, 1.54) is 5.56 Å². The average molecular weight is 290 g/mol. The first kappa shape index (κ1) is 14.8. The van der Waals surface area contributed by atoms with Gasteiger partial charge in [0.25, 0.3) is 0 Å². The Hall–Kier alpha value is -1.62. The van der Waals surface area contributed by atoms with Crippen LogP contribution in [0.1, 0.15) is 50.8 Å². The molecule has 0 bridgehead atoms. The van der Waals surface area contributed by atoms with E-state index in [2.05, 4.69) is 65.1 Å². The van der Waals surface area contributed by atoms with Gasteiger partial charge < -0.3 is 10.6 Å². The lowest BCUT2D eigenvalue weighted by atomic mass is 10.0. The summed E-state index contributed by atoms with van der Waals surface area (Å²) in [4.78, 5) is 8.79. The lowest BCUT2D eigenvalue weighted by Gasteiger charge is -2.20. The molecule has 0 radical (unpaired) electrons. The van der Waals surface area contributed by atoms with Crippen LogP contribution in [0, 0.1) is 0 Å². The summed E-state index contributed by atoms with van der Waals surface area (Å²) in [7, 11) is 0. The molecule has 2 rings (SSSR count). The van der Waals surface area contributed by atoms with Crippen LogP contribution < -0.4 is 10.6 Å². The summed E-state index contributed by atoms with van der Waals surface area (Å²) in [5.41, 5.74) is 2.43. The Morgan fingerprint density at radius 3 is 2.55 bits per heavy atom. The van der Waals surface area contributed by atoms with Crippen molar-refractivity contribution in [2.45, 2.75) is 39.7 Å². The summed E-state index contributed by atoms with van der Waals surface area (Å²) in [5, 5.41) is 11.1. The Kier molecular flexibility index (Phi) is 4.95. The van der Waals surface area contributed by atoms with Crippen molar-refractivity contribution in [1.82, 2.24) is 9.97 Å². The minimum Gasteiger partial charge on any atom is -0.370 e. The number of anilines is 2. The van der Waals surface area contributed by atoms with Gasteiger partial charge in [0.15, 0.2) is 0 Å². The molecule has 2 aromatic rings. The summed E-state index contributed by atoms with van der Waals surface area (Å²) < 4.78 is 0. The van der Waals surface area contributed by atoms with Gasteiger partial charge in [0.05, 0.1) is 6.04 Å². The molecule has 2 heterocycles. The van der Waals surface area contributed by atoms with Crippen LogP contribution >= 0.6 is 11.3 Å². The van der Waals surface area contributed by atoms with Gasteiger partial charge in [-0.3, -0.25) is 0 Å². The molecule has 2 aromatic heterocycles. The molecule has 0 amide bonds. The van der Waals surface area contributed by atoms with Crippen molar-refractivity contribution in [3.8, 4) is 0 Å². The molecule has 20 heavy (non-hydrogen) atoms. The Bertz CT molecular complexity index is 537. The van der Waals surface area contributed by atoms with E-state index >= 15 is 0 Å². The van der Waals surface area contributed by atoms with Crippen molar-refractivity contribution in [3.05, 3.63) is 34.3 Å². The molecule has 0 aliphatic rings. The monoisotopic (exact) mass is 290 g/mol. The standard InChI is InChI=1S/C15H22N4S/c1-5-16-14-13(10(2)3)15(18-9-17-14)19-11(4)12-6-7-20-8-12/h6-11H,5H2,1-4H3,(H2,16,17,18,19). The summed E-state index contributed by atoms with van der Waals surface area (Å²) >= 11 is 1.72. The highest BCUT2D eigenvalue weighted by Crippen LogP contribution is 2.30. The smallest absolute Gasteiger partial charge is 0.135 e. The molecule has 108 valence electrons. The summed E-state index contributed by atoms with van der Waals surface area (Å²) in [6.45, 7) is 9.42. The molecule has 1 unspecified atom stereocenters. The van der Waals surface area contributed by atoms with Gasteiger partial charge in [0.2, 0.25) is 0 Å². The summed E-state index contributed by atoms with van der Waals surface area (Å²) in [6.07, 6.45) is 1.62. The Morgan fingerprint density at radius 1 is 1.20 bits per heavy atom. The maximum atomic E-state index is 4.43. The summed E-state index contributed by atoms with van der Waals surface area (Å²) in [6, 6.07) is 2.38. The molecule has 0 aromatic carbocycles. The van der Waals surface area contributed by atoms with Crippen molar-refractivity contribution in [2.75, 3.05) is 17.2 Å². The predicted octanol–water partition coefficient (Wildman–Crippen LogP) is 4.27. The molecule has 0 saturated carbocycles. The molecule has 0 aliphatic carbocycles. The topological polar surface area (TPSA) is 49.8 Å². The number of nitrogens with one attached hydrogen (secondary N) is 2. The molecule has 1 atom stereocenters. The molecular weight excluding hydrogens is 268 g/mol. The van der Waals surface area contributed by atoms with Crippen LogP contribution in [-0.4, -0.2) is 16.5 Å². The van der Waals surface area contributed by atoms with Crippen LogP contribution in [0.5, 0.6) is 0 Å². The van der Waals surface area contributed by atoms with Gasteiger partial charge in [0, 0.05) is 12.1 Å². The highest BCUT2D eigenvalue weighted by molar-refractivity contribution is 7.07. The van der Waals surface area contributed by atoms with Crippen LogP contribution in [0.25, 0.3) is 0 Å². The third kappa shape index (κ3) is 3.28. The van der Waals surface area contributed by atoms with E-state index < -0.39 is 0 Å². The van der Waals surface area contributed by atoms with Gasteiger partial charge in [-0.05, 0) is 42.2 Å². The van der Waals surface area contributed by atoms with E-state index in [9.17, 15) is 0 Å². The first-order chi connectivity index (χ1) is 9.63. The highest BCUT2D eigenvalue weighted by atomic mass is 32.1. The van der Waals surface area contributed by atoms with E-state index in [0.717, 1.165) is 23.7 Å². The van der Waals surface area contributed by atoms with Crippen molar-refractivity contribution >= 4 is 23.0 Å². The van der Waals surface area contributed by atoms with E-state index in [-0.39, 0.29) is 6.04 Å². The van der Waals surface area contributed by atoms with Crippen LogP contribution in [-0.2, 0) is 0 Å². The van der Waals surface area contributed by atoms with E-state index in [0.29, 0.717) is 5.92 Å². The first-order valence-corrected chi connectivity index (χ1v) is 7.95. The minimum absolute atomic E-state index is 0.239. The van der Waals surface area contributed by atoms with Crippen molar-refractivity contribution in [1.29, 1.82) is 0 Å². The fraction of sp³-hybridized carbons (Fsp3) is 0.467. The second-order valence-electron chi connectivity index (χ2n) is 5.09. The highest BCUT2D eigenvalue weighted by Gasteiger charge is 2.16. The maximum Gasteiger partial charge on any atom is 0.135 e. The third-order valence-corrected chi connectivity index (χ3v) is 3.90. The third-order valence-electron chi connectivity index (χ3n) is 3.20. The molecule has 0 spiro atoms. The van der Waals surface area contributed by atoms with Gasteiger partial charge in [-0.2, -0.15) is 11.3 Å². The summed E-state index contributed by atoms with van der Waals surface area (Å²) in [5.74, 6) is 2.21. The lowest BCUT2D eigenvalue weighted by Crippen LogP contribution is -2.13. The molecular formula is C15H22N4S. The van der Waals surface area contributed by atoms with Crippen LogP contribution in [0.2, 0.25) is 0 Å². The zero-order valence-electron chi connectivity index (χ0n) is 12.5. The maximum absolute atomic E-state index is 4.43. The Labute approximate surface area is 124 Å². The predicted molar refractivity (Wildman–Crippen MR) is 86.6 cm³/mol. The van der Waals surface area contributed by atoms with Gasteiger partial charge in [0.1, 0.15) is 18.0 Å². The van der Waals surface area contributed by atoms with Gasteiger partial charge in [-0.15, -0.1) is 0 Å². The fourth-order valence-electron chi connectivity index (χ4n) is 2.18. The van der Waals surface area contributed by atoms with Crippen LogP contribution in [0.3, 0.4) is 0 Å². The molecule has 2 N–H and O–H groups in total. The Balaban J connectivity index is 2.28. The number of thiophene rings is 1. The number of hydrogen-bond acceptors (Lipinski definition) is 5. The molecule has 0 aliphatic heterocycles. The number of rotatable bonds is 6. The molecule has 5 heteroatoms. The van der Waals surface area contributed by atoms with Crippen LogP contribution in [0.4, 0.5) is 11.6 Å². The van der Waals surface area contributed by atoms with Crippen molar-refractivity contribution < 1.29 is 0 Å². The van der Waals surface area contributed by atoms with E-state index in [4.69, 9.17) is 0 Å². The first-order valence-electron chi connectivity index (χ1n) is 7.00. The number of hydrogen-bond donors (Lipinski definition) is 2. The zero-order chi connectivity index (χ0) is 14.5. The molecule has 0 saturated heterocycles. The van der Waals surface area contributed by atoms with Gasteiger partial charge in [-0.25, -0.2) is 9.97 Å². The minimum atomic E-state index is 0.239. The van der Waals surface area contributed by atoms with Gasteiger partial charge in [-0.1, -0.05) is 13.8 Å². The number of nitrogens with zero attached hydrogens (tertiary/aromatic N) is 2. The number of aromatic nitrogens is 2. The normalized spacial score (nSPS) is 12.4. The quantitative estimate of drug-likeness (QED) is 0.834. The SMILES string of the molecule is CCNc1ncnc(NC(C)c2ccsc2)c1C(C)C. The fourth-order valence-corrected chi connectivity index (χ4v) is 2.93. The zero-order valence-corrected chi connectivity index (χ0v) is 13.3. The largest absolute Gasteiger partial charge is 0.370 e. The van der Waals surface area contributed by atoms with E-state index in [1.54, 1.807) is 17.7 Å². The second kappa shape index (κ2) is 6.70. The van der Waals surface area contributed by atoms with Crippen molar-refractivity contribution in [3.63, 3.8) is 0 Å².